The Labute approximate surface area is 181 Å². The lowest BCUT2D eigenvalue weighted by molar-refractivity contribution is -0.118. The van der Waals surface area contributed by atoms with Crippen LogP contribution in [0.3, 0.4) is 0 Å². The van der Waals surface area contributed by atoms with E-state index >= 15 is 0 Å². The molecule has 2 N–H and O–H groups in total. The molecule has 8 nitrogen and oxygen atoms in total. The van der Waals surface area contributed by atoms with Crippen LogP contribution in [0.15, 0.2) is 48.5 Å². The van der Waals surface area contributed by atoms with Crippen molar-refractivity contribution in [2.24, 2.45) is 0 Å². The normalized spacial score (nSPS) is 11.2. The number of nitrogens with zero attached hydrogens (tertiary/aromatic N) is 1. The van der Waals surface area contributed by atoms with Crippen LogP contribution in [0.1, 0.15) is 23.7 Å². The molecule has 0 saturated heterocycles. The van der Waals surface area contributed by atoms with Gasteiger partial charge >= 0.3 is 0 Å². The fourth-order valence-corrected chi connectivity index (χ4v) is 3.71. The van der Waals surface area contributed by atoms with Gasteiger partial charge in [0.1, 0.15) is 11.6 Å². The molecule has 2 aromatic carbocycles. The number of carbonyl (C=O) groups excluding carboxylic acids is 2. The summed E-state index contributed by atoms with van der Waals surface area (Å²) in [5.41, 5.74) is 0.272. The summed E-state index contributed by atoms with van der Waals surface area (Å²) in [6.07, 6.45) is 1.59. The van der Waals surface area contributed by atoms with E-state index in [1.807, 2.05) is 0 Å². The zero-order valence-electron chi connectivity index (χ0n) is 17.4. The van der Waals surface area contributed by atoms with Crippen LogP contribution in [0.25, 0.3) is 0 Å². The predicted octanol–water partition coefficient (Wildman–Crippen LogP) is 2.24. The third-order valence-corrected chi connectivity index (χ3v) is 5.71. The number of hydrogen-bond acceptors (Lipinski definition) is 5. The van der Waals surface area contributed by atoms with Gasteiger partial charge in [-0.25, -0.2) is 17.1 Å². The first kappa shape index (κ1) is 24.3. The monoisotopic (exact) mass is 451 g/mol. The minimum absolute atomic E-state index is 0.0392. The van der Waals surface area contributed by atoms with Gasteiger partial charge in [0.2, 0.25) is 10.0 Å². The van der Waals surface area contributed by atoms with Crippen molar-refractivity contribution in [3.8, 4) is 5.75 Å². The lowest BCUT2D eigenvalue weighted by atomic mass is 10.2. The summed E-state index contributed by atoms with van der Waals surface area (Å²) in [6.45, 7) is 2.27. The molecule has 0 spiro atoms. The number of benzene rings is 2. The predicted molar refractivity (Wildman–Crippen MR) is 116 cm³/mol. The van der Waals surface area contributed by atoms with Gasteiger partial charge in [-0.3, -0.25) is 9.59 Å². The molecule has 0 aliphatic carbocycles. The topological polar surface area (TPSA) is 105 Å². The van der Waals surface area contributed by atoms with E-state index in [9.17, 15) is 22.4 Å². The molecule has 168 valence electrons. The second kappa shape index (κ2) is 11.4. The van der Waals surface area contributed by atoms with Gasteiger partial charge in [0.15, 0.2) is 6.61 Å². The quantitative estimate of drug-likeness (QED) is 0.510. The number of carbonyl (C=O) groups is 2. The first-order valence-electron chi connectivity index (χ1n) is 9.72. The molecule has 0 bridgehead atoms. The number of para-hydroxylation sites is 2. The molecule has 0 heterocycles. The summed E-state index contributed by atoms with van der Waals surface area (Å²) >= 11 is 0. The lowest BCUT2D eigenvalue weighted by Crippen LogP contribution is -2.33. The summed E-state index contributed by atoms with van der Waals surface area (Å²) in [7, 11) is -3.28. The summed E-state index contributed by atoms with van der Waals surface area (Å²) < 4.78 is 43.6. The lowest BCUT2D eigenvalue weighted by Gasteiger charge is -2.17. The van der Waals surface area contributed by atoms with Crippen molar-refractivity contribution in [3.05, 3.63) is 59.9 Å². The number of nitrogens with one attached hydrogen (secondary N) is 2. The van der Waals surface area contributed by atoms with E-state index in [4.69, 9.17) is 4.74 Å². The number of sulfonamides is 1. The van der Waals surface area contributed by atoms with Crippen LogP contribution in [-0.2, 0) is 14.8 Å². The van der Waals surface area contributed by atoms with Crippen molar-refractivity contribution in [2.75, 3.05) is 37.8 Å². The maximum atomic E-state index is 13.6. The Bertz CT molecular complexity index is 1010. The Hall–Kier alpha value is -2.98. The fraction of sp³-hybridized carbons (Fsp3) is 0.333. The molecule has 10 heteroatoms. The molecule has 0 atom stereocenters. The molecule has 0 radical (unpaired) electrons. The van der Waals surface area contributed by atoms with Crippen molar-refractivity contribution in [2.45, 2.75) is 13.3 Å². The van der Waals surface area contributed by atoms with E-state index in [0.29, 0.717) is 19.5 Å². The van der Waals surface area contributed by atoms with Crippen LogP contribution in [0, 0.1) is 5.82 Å². The SMILES string of the molecule is CCN(CCCNC(=O)c1ccccc1OCC(=O)Nc1ccccc1F)S(C)(=O)=O. The smallest absolute Gasteiger partial charge is 0.262 e. The molecule has 2 aromatic rings. The number of halogens is 1. The molecule has 2 amide bonds. The summed E-state index contributed by atoms with van der Waals surface area (Å²) in [5.74, 6) is -1.34. The highest BCUT2D eigenvalue weighted by atomic mass is 32.2. The number of hydrogen-bond donors (Lipinski definition) is 2. The first-order valence-corrected chi connectivity index (χ1v) is 11.6. The van der Waals surface area contributed by atoms with Crippen molar-refractivity contribution in [1.82, 2.24) is 9.62 Å². The number of amides is 2. The maximum Gasteiger partial charge on any atom is 0.262 e. The average Bonchev–Trinajstić information content (AvgIpc) is 2.73. The molecular formula is C21H26FN3O5S. The highest BCUT2D eigenvalue weighted by Crippen LogP contribution is 2.18. The van der Waals surface area contributed by atoms with E-state index in [-0.39, 0.29) is 23.5 Å². The van der Waals surface area contributed by atoms with E-state index in [1.54, 1.807) is 37.3 Å². The molecular weight excluding hydrogens is 425 g/mol. The van der Waals surface area contributed by atoms with E-state index < -0.39 is 34.3 Å². The third-order valence-electron chi connectivity index (χ3n) is 4.33. The fourth-order valence-electron chi connectivity index (χ4n) is 2.78. The van der Waals surface area contributed by atoms with Crippen LogP contribution in [0.2, 0.25) is 0 Å². The van der Waals surface area contributed by atoms with Crippen molar-refractivity contribution in [1.29, 1.82) is 0 Å². The molecule has 0 aliphatic rings. The maximum absolute atomic E-state index is 13.6. The number of rotatable bonds is 11. The van der Waals surface area contributed by atoms with E-state index in [0.717, 1.165) is 6.26 Å². The average molecular weight is 452 g/mol. The van der Waals surface area contributed by atoms with E-state index in [1.165, 1.54) is 22.5 Å². The van der Waals surface area contributed by atoms with Gasteiger partial charge in [0, 0.05) is 19.6 Å². The Morgan fingerprint density at radius 2 is 1.77 bits per heavy atom. The molecule has 0 fully saturated rings. The highest BCUT2D eigenvalue weighted by Gasteiger charge is 2.16. The summed E-state index contributed by atoms with van der Waals surface area (Å²) in [4.78, 5) is 24.5. The molecule has 0 saturated carbocycles. The summed E-state index contributed by atoms with van der Waals surface area (Å²) in [6, 6.07) is 12.2. The van der Waals surface area contributed by atoms with Gasteiger partial charge in [-0.1, -0.05) is 31.2 Å². The van der Waals surface area contributed by atoms with Gasteiger partial charge < -0.3 is 15.4 Å². The third kappa shape index (κ3) is 7.65. The Kier molecular flexibility index (Phi) is 8.95. The second-order valence-corrected chi connectivity index (χ2v) is 8.66. The van der Waals surface area contributed by atoms with E-state index in [2.05, 4.69) is 10.6 Å². The Morgan fingerprint density at radius 1 is 1.10 bits per heavy atom. The van der Waals surface area contributed by atoms with Crippen LogP contribution in [0.5, 0.6) is 5.75 Å². The molecule has 0 aliphatic heterocycles. The van der Waals surface area contributed by atoms with Crippen molar-refractivity contribution in [3.63, 3.8) is 0 Å². The van der Waals surface area contributed by atoms with Crippen LogP contribution >= 0.6 is 0 Å². The Morgan fingerprint density at radius 3 is 2.45 bits per heavy atom. The number of ether oxygens (including phenoxy) is 1. The summed E-state index contributed by atoms with van der Waals surface area (Å²) in [5, 5.41) is 5.12. The van der Waals surface area contributed by atoms with Gasteiger partial charge in [-0.15, -0.1) is 0 Å². The molecule has 31 heavy (non-hydrogen) atoms. The standard InChI is InChI=1S/C21H26FN3O5S/c1-3-25(31(2,28)29)14-8-13-23-21(27)16-9-4-7-12-19(16)30-15-20(26)24-18-11-6-5-10-17(18)22/h4-7,9-12H,3,8,13-15H2,1-2H3,(H,23,27)(H,24,26). The van der Waals surface area contributed by atoms with Gasteiger partial charge in [-0.05, 0) is 30.7 Å². The van der Waals surface area contributed by atoms with Gasteiger partial charge in [-0.2, -0.15) is 0 Å². The molecule has 0 unspecified atom stereocenters. The minimum atomic E-state index is -3.28. The van der Waals surface area contributed by atoms with Crippen LogP contribution in [-0.4, -0.2) is 57.0 Å². The second-order valence-electron chi connectivity index (χ2n) is 6.68. The van der Waals surface area contributed by atoms with Crippen molar-refractivity contribution >= 4 is 27.5 Å². The minimum Gasteiger partial charge on any atom is -0.483 e. The first-order chi connectivity index (χ1) is 14.7. The highest BCUT2D eigenvalue weighted by molar-refractivity contribution is 7.88. The Balaban J connectivity index is 1.88. The zero-order chi connectivity index (χ0) is 22.9. The van der Waals surface area contributed by atoms with Crippen LogP contribution < -0.4 is 15.4 Å². The molecule has 0 aromatic heterocycles. The molecule has 2 rings (SSSR count). The van der Waals surface area contributed by atoms with Gasteiger partial charge in [0.25, 0.3) is 11.8 Å². The van der Waals surface area contributed by atoms with Crippen molar-refractivity contribution < 1.29 is 27.1 Å². The zero-order valence-corrected chi connectivity index (χ0v) is 18.2. The largest absolute Gasteiger partial charge is 0.483 e. The van der Waals surface area contributed by atoms with Gasteiger partial charge in [0.05, 0.1) is 17.5 Å². The van der Waals surface area contributed by atoms with Crippen LogP contribution in [0.4, 0.5) is 10.1 Å². The number of anilines is 1.